The Hall–Kier alpha value is -1.34. The normalized spacial score (nSPS) is 11.9. The Bertz CT molecular complexity index is 221. The van der Waals surface area contributed by atoms with E-state index in [9.17, 15) is 9.59 Å². The van der Waals surface area contributed by atoms with Crippen LogP contribution in [0.15, 0.2) is 0 Å². The number of nitrogens with one attached hydrogen (secondary N) is 1. The van der Waals surface area contributed by atoms with Gasteiger partial charge in [-0.1, -0.05) is 0 Å². The molecule has 0 saturated heterocycles. The first-order valence-electron chi connectivity index (χ1n) is 4.49. The van der Waals surface area contributed by atoms with Crippen molar-refractivity contribution in [2.45, 2.75) is 12.5 Å². The summed E-state index contributed by atoms with van der Waals surface area (Å²) in [5.74, 6) is -1.20. The van der Waals surface area contributed by atoms with Gasteiger partial charge in [0, 0.05) is 26.6 Å². The van der Waals surface area contributed by atoms with Gasteiger partial charge in [-0.3, -0.25) is 0 Å². The van der Waals surface area contributed by atoms with Crippen molar-refractivity contribution in [3.8, 4) is 0 Å². The van der Waals surface area contributed by atoms with Crippen LogP contribution in [0.25, 0.3) is 0 Å². The van der Waals surface area contributed by atoms with Crippen LogP contribution in [-0.4, -0.2) is 65.1 Å². The minimum atomic E-state index is -1.20. The van der Waals surface area contributed by atoms with Gasteiger partial charge >= 0.3 is 12.0 Å². The van der Waals surface area contributed by atoms with Crippen molar-refractivity contribution in [2.75, 3.05) is 26.8 Å². The highest BCUT2D eigenvalue weighted by Gasteiger charge is 2.20. The van der Waals surface area contributed by atoms with Crippen LogP contribution >= 0.6 is 0 Å². The van der Waals surface area contributed by atoms with Crippen LogP contribution in [0.1, 0.15) is 6.42 Å². The van der Waals surface area contributed by atoms with E-state index in [4.69, 9.17) is 15.3 Å². The molecule has 0 saturated carbocycles. The summed E-state index contributed by atoms with van der Waals surface area (Å²) < 4.78 is 0. The first-order chi connectivity index (χ1) is 7.02. The highest BCUT2D eigenvalue weighted by molar-refractivity contribution is 5.82. The molecule has 0 heterocycles. The van der Waals surface area contributed by atoms with Gasteiger partial charge in [0.1, 0.15) is 6.04 Å². The van der Waals surface area contributed by atoms with Crippen LogP contribution in [0.3, 0.4) is 0 Å². The van der Waals surface area contributed by atoms with Crippen molar-refractivity contribution >= 4 is 12.0 Å². The van der Waals surface area contributed by atoms with Crippen molar-refractivity contribution in [2.24, 2.45) is 0 Å². The van der Waals surface area contributed by atoms with E-state index in [-0.39, 0.29) is 26.2 Å². The number of amides is 2. The summed E-state index contributed by atoms with van der Waals surface area (Å²) >= 11 is 0. The Morgan fingerprint density at radius 1 is 1.33 bits per heavy atom. The third-order valence-electron chi connectivity index (χ3n) is 1.80. The van der Waals surface area contributed by atoms with Crippen molar-refractivity contribution in [3.05, 3.63) is 0 Å². The molecule has 4 N–H and O–H groups in total. The molecule has 15 heavy (non-hydrogen) atoms. The fourth-order valence-corrected chi connectivity index (χ4v) is 0.897. The fraction of sp³-hybridized carbons (Fsp3) is 0.750. The second-order valence-electron chi connectivity index (χ2n) is 3.00. The van der Waals surface area contributed by atoms with Gasteiger partial charge in [-0.05, 0) is 0 Å². The summed E-state index contributed by atoms with van der Waals surface area (Å²) in [6, 6.07) is -1.70. The monoisotopic (exact) mass is 220 g/mol. The number of carbonyl (C=O) groups excluding carboxylic acids is 1. The van der Waals surface area contributed by atoms with Crippen LogP contribution in [0.2, 0.25) is 0 Å². The number of nitrogens with zero attached hydrogens (tertiary/aromatic N) is 1. The molecule has 88 valence electrons. The van der Waals surface area contributed by atoms with Gasteiger partial charge in [0.05, 0.1) is 6.61 Å². The quantitative estimate of drug-likeness (QED) is 0.433. The summed E-state index contributed by atoms with van der Waals surface area (Å²) in [5, 5.41) is 28.0. The van der Waals surface area contributed by atoms with Crippen molar-refractivity contribution < 1.29 is 24.9 Å². The number of aliphatic carboxylic acids is 1. The summed E-state index contributed by atoms with van der Waals surface area (Å²) in [4.78, 5) is 23.1. The molecular formula is C8H16N2O5. The average Bonchev–Trinajstić information content (AvgIpc) is 2.17. The van der Waals surface area contributed by atoms with Gasteiger partial charge in [-0.2, -0.15) is 0 Å². The van der Waals surface area contributed by atoms with Crippen molar-refractivity contribution in [1.29, 1.82) is 0 Å². The van der Waals surface area contributed by atoms with Crippen LogP contribution in [0.5, 0.6) is 0 Å². The molecule has 0 unspecified atom stereocenters. The molecule has 0 bridgehead atoms. The fourth-order valence-electron chi connectivity index (χ4n) is 0.897. The second kappa shape index (κ2) is 7.02. The highest BCUT2D eigenvalue weighted by Crippen LogP contribution is 1.93. The van der Waals surface area contributed by atoms with Crippen LogP contribution in [-0.2, 0) is 4.79 Å². The van der Waals surface area contributed by atoms with E-state index in [0.717, 1.165) is 4.90 Å². The zero-order chi connectivity index (χ0) is 11.8. The largest absolute Gasteiger partial charge is 0.480 e. The second-order valence-corrected chi connectivity index (χ2v) is 3.00. The van der Waals surface area contributed by atoms with Crippen molar-refractivity contribution in [1.82, 2.24) is 10.2 Å². The van der Waals surface area contributed by atoms with Gasteiger partial charge < -0.3 is 25.5 Å². The summed E-state index contributed by atoms with van der Waals surface area (Å²) in [6.45, 7) is -0.389. The number of aliphatic hydroxyl groups excluding tert-OH is 2. The van der Waals surface area contributed by atoms with Gasteiger partial charge in [0.2, 0.25) is 0 Å². The van der Waals surface area contributed by atoms with Gasteiger partial charge in [-0.25, -0.2) is 9.59 Å². The molecule has 0 spiro atoms. The third kappa shape index (κ3) is 5.18. The molecule has 1 atom stereocenters. The number of carboxylic acid groups (broad SMARTS) is 1. The Labute approximate surface area is 87.3 Å². The van der Waals surface area contributed by atoms with Gasteiger partial charge in [0.15, 0.2) is 0 Å². The molecule has 0 aromatic heterocycles. The van der Waals surface area contributed by atoms with E-state index in [1.807, 2.05) is 0 Å². The van der Waals surface area contributed by atoms with E-state index in [1.54, 1.807) is 0 Å². The summed E-state index contributed by atoms with van der Waals surface area (Å²) in [5.41, 5.74) is 0. The van der Waals surface area contributed by atoms with E-state index in [2.05, 4.69) is 5.32 Å². The number of carboxylic acids is 1. The standard InChI is InChI=1S/C8H16N2O5/c1-10(3-5-12)8(15)9-6(2-4-11)7(13)14/h6,11-12H,2-5H2,1H3,(H,9,15)(H,13,14)/t6-/m0/s1. The van der Waals surface area contributed by atoms with E-state index < -0.39 is 18.0 Å². The predicted molar refractivity (Wildman–Crippen MR) is 51.4 cm³/mol. The van der Waals surface area contributed by atoms with Crippen LogP contribution < -0.4 is 5.32 Å². The number of aliphatic hydroxyl groups is 2. The Kier molecular flexibility index (Phi) is 6.39. The molecule has 0 aliphatic carbocycles. The average molecular weight is 220 g/mol. The number of likely N-dealkylation sites (N-methyl/N-ethyl adjacent to an activating group) is 1. The van der Waals surface area contributed by atoms with Gasteiger partial charge in [-0.15, -0.1) is 0 Å². The van der Waals surface area contributed by atoms with E-state index in [1.165, 1.54) is 7.05 Å². The minimum absolute atomic E-state index is 0.0476. The predicted octanol–water partition coefficient (Wildman–Crippen LogP) is -1.54. The van der Waals surface area contributed by atoms with Gasteiger partial charge in [0.25, 0.3) is 0 Å². The Morgan fingerprint density at radius 2 is 1.93 bits per heavy atom. The molecule has 7 heteroatoms. The number of rotatable bonds is 6. The summed E-state index contributed by atoms with van der Waals surface area (Å²) in [7, 11) is 1.43. The zero-order valence-corrected chi connectivity index (χ0v) is 8.51. The lowest BCUT2D eigenvalue weighted by atomic mass is 10.2. The summed E-state index contributed by atoms with van der Waals surface area (Å²) in [6.07, 6.45) is -0.0476. The topological polar surface area (TPSA) is 110 Å². The first kappa shape index (κ1) is 13.7. The smallest absolute Gasteiger partial charge is 0.326 e. The molecule has 0 rings (SSSR count). The van der Waals surface area contributed by atoms with Crippen LogP contribution in [0.4, 0.5) is 4.79 Å². The minimum Gasteiger partial charge on any atom is -0.480 e. The SMILES string of the molecule is CN(CCO)C(=O)N[C@@H](CCO)C(=O)O. The maximum Gasteiger partial charge on any atom is 0.326 e. The molecule has 0 fully saturated rings. The number of carbonyl (C=O) groups is 2. The molecular weight excluding hydrogens is 204 g/mol. The Balaban J connectivity index is 4.15. The number of hydrogen-bond acceptors (Lipinski definition) is 4. The molecule has 0 aliphatic heterocycles. The maximum absolute atomic E-state index is 11.3. The first-order valence-corrected chi connectivity index (χ1v) is 4.49. The molecule has 0 aliphatic rings. The van der Waals surface area contributed by atoms with E-state index in [0.29, 0.717) is 0 Å². The lowest BCUT2D eigenvalue weighted by Gasteiger charge is -2.20. The lowest BCUT2D eigenvalue weighted by molar-refractivity contribution is -0.139. The number of hydrogen-bond donors (Lipinski definition) is 4. The number of urea groups is 1. The third-order valence-corrected chi connectivity index (χ3v) is 1.80. The molecule has 0 aromatic rings. The molecule has 2 amide bonds. The maximum atomic E-state index is 11.3. The Morgan fingerprint density at radius 3 is 2.33 bits per heavy atom. The lowest BCUT2D eigenvalue weighted by Crippen LogP contribution is -2.47. The zero-order valence-electron chi connectivity index (χ0n) is 8.51. The van der Waals surface area contributed by atoms with E-state index >= 15 is 0 Å². The highest BCUT2D eigenvalue weighted by atomic mass is 16.4. The molecule has 0 aromatic carbocycles. The van der Waals surface area contributed by atoms with Crippen molar-refractivity contribution in [3.63, 3.8) is 0 Å². The van der Waals surface area contributed by atoms with Crippen LogP contribution in [0, 0.1) is 0 Å². The molecule has 0 radical (unpaired) electrons. The molecule has 7 nitrogen and oxygen atoms in total.